The van der Waals surface area contributed by atoms with E-state index >= 15 is 0 Å². The average molecular weight is 380 g/mol. The van der Waals surface area contributed by atoms with Crippen LogP contribution in [0.3, 0.4) is 0 Å². The zero-order valence-corrected chi connectivity index (χ0v) is 17.3. The highest BCUT2D eigenvalue weighted by Gasteiger charge is 2.48. The molecule has 0 aromatic rings. The summed E-state index contributed by atoms with van der Waals surface area (Å²) in [5.74, 6) is 2.06. The number of allylic oxidation sites excluding steroid dienone is 4. The number of likely N-dealkylation sites (tertiary alicyclic amines) is 2. The Labute approximate surface area is 169 Å². The van der Waals surface area contributed by atoms with Crippen molar-refractivity contribution in [1.82, 2.24) is 14.7 Å². The summed E-state index contributed by atoms with van der Waals surface area (Å²) in [6, 6.07) is 0.958. The average Bonchev–Trinajstić information content (AvgIpc) is 3.04. The van der Waals surface area contributed by atoms with Crippen molar-refractivity contribution in [1.29, 1.82) is 0 Å². The molecule has 4 atom stereocenters. The Hall–Kier alpha value is -1.78. The van der Waals surface area contributed by atoms with E-state index < -0.39 is 0 Å². The number of nitrogens with zero attached hydrogens (tertiary/aromatic N) is 3. The van der Waals surface area contributed by atoms with Gasteiger partial charge in [-0.25, -0.2) is 0 Å². The zero-order valence-electron chi connectivity index (χ0n) is 17.3. The molecule has 0 bridgehead atoms. The van der Waals surface area contributed by atoms with E-state index in [4.69, 9.17) is 4.74 Å². The number of rotatable bonds is 4. The number of ether oxygens (including phenoxy) is 1. The van der Waals surface area contributed by atoms with Gasteiger partial charge < -0.3 is 14.5 Å². The van der Waals surface area contributed by atoms with Crippen LogP contribution in [0, 0.1) is 11.8 Å². The molecule has 5 aliphatic rings. The Morgan fingerprint density at radius 3 is 2.64 bits per heavy atom. The minimum atomic E-state index is 0.470. The summed E-state index contributed by atoms with van der Waals surface area (Å²) in [6.07, 6.45) is 20.4. The van der Waals surface area contributed by atoms with Crippen LogP contribution in [0.15, 0.2) is 59.6 Å². The van der Waals surface area contributed by atoms with Crippen LogP contribution in [0.2, 0.25) is 0 Å². The molecule has 0 saturated carbocycles. The zero-order chi connectivity index (χ0) is 19.1. The second-order valence-electron chi connectivity index (χ2n) is 8.91. The molecule has 2 saturated heterocycles. The molecule has 3 aliphatic heterocycles. The van der Waals surface area contributed by atoms with Crippen molar-refractivity contribution in [3.05, 3.63) is 59.6 Å². The molecule has 4 unspecified atom stereocenters. The van der Waals surface area contributed by atoms with E-state index in [1.165, 1.54) is 44.5 Å². The lowest BCUT2D eigenvalue weighted by molar-refractivity contribution is 0.204. The monoisotopic (exact) mass is 379 g/mol. The van der Waals surface area contributed by atoms with Crippen LogP contribution >= 0.6 is 0 Å². The number of hydrogen-bond acceptors (Lipinski definition) is 4. The molecule has 5 rings (SSSR count). The Morgan fingerprint density at radius 1 is 1.00 bits per heavy atom. The molecule has 0 aromatic carbocycles. The van der Waals surface area contributed by atoms with Crippen LogP contribution in [0.25, 0.3) is 0 Å². The van der Waals surface area contributed by atoms with Gasteiger partial charge in [0.05, 0.1) is 7.11 Å². The van der Waals surface area contributed by atoms with Crippen molar-refractivity contribution in [2.45, 2.75) is 31.3 Å². The predicted molar refractivity (Wildman–Crippen MR) is 114 cm³/mol. The predicted octanol–water partition coefficient (Wildman–Crippen LogP) is 3.18. The molecular formula is C24H33N3O. The standard InChI is InChI=1S/C24H33N3O/c1-25-22-9-7-19(28-2)16-20(22)24-21-17-27(13-10-18(21)6-8-23(24)25)15-14-26-11-4-3-5-12-26/h6-10,13,16,20,22-24H,3-5,11-12,14-15,17H2,1-2H3. The third kappa shape index (κ3) is 3.17. The van der Waals surface area contributed by atoms with Gasteiger partial charge in [-0.3, -0.25) is 4.90 Å². The van der Waals surface area contributed by atoms with Gasteiger partial charge in [0.15, 0.2) is 0 Å². The number of fused-ring (bicyclic) bond motifs is 4. The van der Waals surface area contributed by atoms with Gasteiger partial charge in [0.2, 0.25) is 0 Å². The molecule has 150 valence electrons. The Morgan fingerprint density at radius 2 is 1.82 bits per heavy atom. The first kappa shape index (κ1) is 18.3. The largest absolute Gasteiger partial charge is 0.497 e. The summed E-state index contributed by atoms with van der Waals surface area (Å²) in [7, 11) is 4.06. The van der Waals surface area contributed by atoms with Crippen molar-refractivity contribution in [2.75, 3.05) is 46.9 Å². The Balaban J connectivity index is 1.33. The lowest BCUT2D eigenvalue weighted by atomic mass is 9.75. The number of piperidine rings is 1. The molecule has 0 amide bonds. The molecule has 2 fully saturated rings. The quantitative estimate of drug-likeness (QED) is 0.747. The van der Waals surface area contributed by atoms with Gasteiger partial charge in [0.25, 0.3) is 0 Å². The summed E-state index contributed by atoms with van der Waals surface area (Å²) < 4.78 is 5.57. The molecule has 4 heteroatoms. The van der Waals surface area contributed by atoms with E-state index in [0.717, 1.165) is 18.8 Å². The second kappa shape index (κ2) is 7.57. The number of likely N-dealkylation sites (N-methyl/N-ethyl adjacent to an activating group) is 1. The van der Waals surface area contributed by atoms with Gasteiger partial charge in [0, 0.05) is 43.6 Å². The summed E-state index contributed by atoms with van der Waals surface area (Å²) in [5.41, 5.74) is 3.06. The van der Waals surface area contributed by atoms with Crippen LogP contribution < -0.4 is 0 Å². The van der Waals surface area contributed by atoms with E-state index in [9.17, 15) is 0 Å². The van der Waals surface area contributed by atoms with Crippen molar-refractivity contribution in [3.63, 3.8) is 0 Å². The van der Waals surface area contributed by atoms with Crippen molar-refractivity contribution >= 4 is 0 Å². The van der Waals surface area contributed by atoms with Gasteiger partial charge in [-0.15, -0.1) is 0 Å². The van der Waals surface area contributed by atoms with Crippen molar-refractivity contribution in [3.8, 4) is 0 Å². The van der Waals surface area contributed by atoms with Gasteiger partial charge in [0.1, 0.15) is 5.76 Å². The highest BCUT2D eigenvalue weighted by molar-refractivity contribution is 5.47. The minimum Gasteiger partial charge on any atom is -0.497 e. The molecule has 0 aromatic heterocycles. The fraction of sp³-hybridized carbons (Fsp3) is 0.583. The van der Waals surface area contributed by atoms with E-state index in [2.05, 4.69) is 64.4 Å². The molecule has 0 N–H and O–H groups in total. The Bertz CT molecular complexity index is 756. The highest BCUT2D eigenvalue weighted by Crippen LogP contribution is 2.47. The SMILES string of the molecule is COC1=CC2C3C4=C(C=CC3N(C)C2C=C1)C=CN(CCN1CCCCC1)C4. The fourth-order valence-corrected chi connectivity index (χ4v) is 5.82. The maximum Gasteiger partial charge on any atom is 0.114 e. The number of hydrogen-bond donors (Lipinski definition) is 0. The third-order valence-corrected chi connectivity index (χ3v) is 7.40. The summed E-state index contributed by atoms with van der Waals surface area (Å²) in [4.78, 5) is 7.73. The first-order valence-electron chi connectivity index (χ1n) is 11.0. The van der Waals surface area contributed by atoms with Crippen LogP contribution in [-0.2, 0) is 4.74 Å². The van der Waals surface area contributed by atoms with E-state index in [0.29, 0.717) is 23.9 Å². The Kier molecular flexibility index (Phi) is 4.93. The third-order valence-electron chi connectivity index (χ3n) is 7.40. The summed E-state index contributed by atoms with van der Waals surface area (Å²) >= 11 is 0. The van der Waals surface area contributed by atoms with Gasteiger partial charge in [-0.05, 0) is 68.6 Å². The molecule has 2 aliphatic carbocycles. The molecule has 0 spiro atoms. The number of methoxy groups -OCH3 is 1. The van der Waals surface area contributed by atoms with E-state index in [1.807, 2.05) is 0 Å². The van der Waals surface area contributed by atoms with Crippen LogP contribution in [0.1, 0.15) is 19.3 Å². The topological polar surface area (TPSA) is 19.0 Å². The minimum absolute atomic E-state index is 0.470. The van der Waals surface area contributed by atoms with Crippen LogP contribution in [0.5, 0.6) is 0 Å². The maximum atomic E-state index is 5.57. The molecule has 0 radical (unpaired) electrons. The molecule has 28 heavy (non-hydrogen) atoms. The van der Waals surface area contributed by atoms with Gasteiger partial charge in [-0.1, -0.05) is 24.6 Å². The van der Waals surface area contributed by atoms with Crippen LogP contribution in [0.4, 0.5) is 0 Å². The van der Waals surface area contributed by atoms with Crippen molar-refractivity contribution < 1.29 is 4.74 Å². The lowest BCUT2D eigenvalue weighted by Crippen LogP contribution is -2.40. The fourth-order valence-electron chi connectivity index (χ4n) is 5.82. The smallest absolute Gasteiger partial charge is 0.114 e. The normalized spacial score (nSPS) is 34.9. The highest BCUT2D eigenvalue weighted by atomic mass is 16.5. The summed E-state index contributed by atoms with van der Waals surface area (Å²) in [6.45, 7) is 5.97. The first-order chi connectivity index (χ1) is 13.7. The van der Waals surface area contributed by atoms with E-state index in [-0.39, 0.29) is 0 Å². The van der Waals surface area contributed by atoms with E-state index in [1.54, 1.807) is 12.7 Å². The molecule has 3 heterocycles. The maximum absolute atomic E-state index is 5.57. The second-order valence-corrected chi connectivity index (χ2v) is 8.91. The lowest BCUT2D eigenvalue weighted by Gasteiger charge is -2.37. The molecule has 4 nitrogen and oxygen atoms in total. The van der Waals surface area contributed by atoms with Gasteiger partial charge in [-0.2, -0.15) is 0 Å². The molecular weight excluding hydrogens is 346 g/mol. The van der Waals surface area contributed by atoms with Crippen molar-refractivity contribution in [2.24, 2.45) is 11.8 Å². The first-order valence-corrected chi connectivity index (χ1v) is 11.0. The van der Waals surface area contributed by atoms with Gasteiger partial charge >= 0.3 is 0 Å². The summed E-state index contributed by atoms with van der Waals surface area (Å²) in [5, 5.41) is 0. The van der Waals surface area contributed by atoms with Crippen LogP contribution in [-0.4, -0.2) is 73.7 Å².